The summed E-state index contributed by atoms with van der Waals surface area (Å²) in [5.41, 5.74) is 0.252. The van der Waals surface area contributed by atoms with Crippen LogP contribution in [0.1, 0.15) is 51.9 Å². The van der Waals surface area contributed by atoms with E-state index in [0.717, 1.165) is 32.5 Å². The number of aliphatic hydroxyl groups excluding tert-OH is 1. The maximum atomic E-state index is 10.6. The largest absolute Gasteiger partial charge is 0.392 e. The lowest BCUT2D eigenvalue weighted by molar-refractivity contribution is -0.0585. The molecule has 1 aliphatic carbocycles. The van der Waals surface area contributed by atoms with Crippen LogP contribution in [-0.4, -0.2) is 24.4 Å². The Labute approximate surface area is 93.0 Å². The van der Waals surface area contributed by atoms with Crippen molar-refractivity contribution < 1.29 is 9.84 Å². The smallest absolute Gasteiger partial charge is 0.0626 e. The number of hydrogen-bond acceptors (Lipinski definition) is 2. The van der Waals surface area contributed by atoms with Crippen LogP contribution < -0.4 is 0 Å². The summed E-state index contributed by atoms with van der Waals surface area (Å²) in [6.45, 7) is 3.94. The van der Waals surface area contributed by atoms with Gasteiger partial charge in [-0.15, -0.1) is 0 Å². The maximum absolute atomic E-state index is 10.6. The summed E-state index contributed by atoms with van der Waals surface area (Å²) < 4.78 is 5.37. The van der Waals surface area contributed by atoms with Crippen LogP contribution in [0.4, 0.5) is 0 Å². The Morgan fingerprint density at radius 2 is 1.87 bits per heavy atom. The molecule has 2 fully saturated rings. The van der Waals surface area contributed by atoms with E-state index in [1.165, 1.54) is 25.7 Å². The quantitative estimate of drug-likeness (QED) is 0.779. The summed E-state index contributed by atoms with van der Waals surface area (Å²) in [5, 5.41) is 10.6. The van der Waals surface area contributed by atoms with Crippen molar-refractivity contribution in [1.29, 1.82) is 0 Å². The second kappa shape index (κ2) is 4.84. The normalized spacial score (nSPS) is 29.2. The molecule has 1 unspecified atom stereocenters. The highest BCUT2D eigenvalue weighted by Gasteiger charge is 2.42. The van der Waals surface area contributed by atoms with Gasteiger partial charge in [0, 0.05) is 13.2 Å². The second-order valence-electron chi connectivity index (χ2n) is 5.32. The molecule has 0 aromatic carbocycles. The first-order chi connectivity index (χ1) is 7.28. The van der Waals surface area contributed by atoms with Crippen LogP contribution in [0.3, 0.4) is 0 Å². The third-order valence-electron chi connectivity index (χ3n) is 4.64. The molecule has 2 rings (SSSR count). The molecule has 88 valence electrons. The van der Waals surface area contributed by atoms with Crippen molar-refractivity contribution >= 4 is 0 Å². The van der Waals surface area contributed by atoms with E-state index in [4.69, 9.17) is 4.74 Å². The van der Waals surface area contributed by atoms with Gasteiger partial charge in [0.05, 0.1) is 6.10 Å². The second-order valence-corrected chi connectivity index (χ2v) is 5.32. The van der Waals surface area contributed by atoms with Gasteiger partial charge in [-0.3, -0.25) is 0 Å². The summed E-state index contributed by atoms with van der Waals surface area (Å²) in [6.07, 6.45) is 8.29. The average molecular weight is 212 g/mol. The predicted molar refractivity (Wildman–Crippen MR) is 60.7 cm³/mol. The van der Waals surface area contributed by atoms with Crippen molar-refractivity contribution in [3.05, 3.63) is 0 Å². The number of rotatable bonds is 3. The molecule has 1 heterocycles. The highest BCUT2D eigenvalue weighted by Crippen LogP contribution is 2.47. The Morgan fingerprint density at radius 1 is 1.27 bits per heavy atom. The van der Waals surface area contributed by atoms with E-state index in [2.05, 4.69) is 6.92 Å². The van der Waals surface area contributed by atoms with Gasteiger partial charge < -0.3 is 9.84 Å². The van der Waals surface area contributed by atoms with E-state index in [0.29, 0.717) is 5.92 Å². The van der Waals surface area contributed by atoms with E-state index >= 15 is 0 Å². The lowest BCUT2D eigenvalue weighted by Crippen LogP contribution is -2.40. The lowest BCUT2D eigenvalue weighted by atomic mass is 9.71. The first-order valence-corrected chi connectivity index (χ1v) is 6.54. The minimum absolute atomic E-state index is 0.0751. The van der Waals surface area contributed by atoms with Crippen LogP contribution >= 0.6 is 0 Å². The zero-order valence-corrected chi connectivity index (χ0v) is 9.87. The zero-order valence-electron chi connectivity index (χ0n) is 9.87. The fourth-order valence-corrected chi connectivity index (χ4v) is 3.47. The van der Waals surface area contributed by atoms with Crippen LogP contribution in [0.5, 0.6) is 0 Å². The molecule has 0 amide bonds. The van der Waals surface area contributed by atoms with Crippen molar-refractivity contribution in [1.82, 2.24) is 0 Å². The average Bonchev–Trinajstić information content (AvgIpc) is 2.79. The molecule has 0 aromatic heterocycles. The predicted octanol–water partition coefficient (Wildman–Crippen LogP) is 2.74. The van der Waals surface area contributed by atoms with E-state index in [1.807, 2.05) is 0 Å². The Bertz CT molecular complexity index is 191. The van der Waals surface area contributed by atoms with Crippen LogP contribution in [0, 0.1) is 11.3 Å². The van der Waals surface area contributed by atoms with Crippen molar-refractivity contribution in [2.45, 2.75) is 58.0 Å². The molecule has 15 heavy (non-hydrogen) atoms. The van der Waals surface area contributed by atoms with Gasteiger partial charge >= 0.3 is 0 Å². The highest BCUT2D eigenvalue weighted by atomic mass is 16.5. The molecular weight excluding hydrogens is 188 g/mol. The van der Waals surface area contributed by atoms with E-state index < -0.39 is 0 Å². The standard InChI is InChI=1S/C13H24O2/c1-2-13(7-3-4-8-13)12(14)11-5-9-15-10-6-11/h11-12,14H,2-10H2,1H3. The van der Waals surface area contributed by atoms with Gasteiger partial charge in [0.2, 0.25) is 0 Å². The molecule has 2 aliphatic rings. The number of hydrogen-bond donors (Lipinski definition) is 1. The van der Waals surface area contributed by atoms with Gasteiger partial charge in [-0.1, -0.05) is 19.8 Å². The Kier molecular flexibility index (Phi) is 3.68. The third kappa shape index (κ3) is 2.21. The molecule has 1 saturated carbocycles. The summed E-state index contributed by atoms with van der Waals surface area (Å²) >= 11 is 0. The minimum atomic E-state index is -0.0751. The van der Waals surface area contributed by atoms with Gasteiger partial charge in [0.15, 0.2) is 0 Å². The molecule has 1 saturated heterocycles. The van der Waals surface area contributed by atoms with Crippen LogP contribution in [0.25, 0.3) is 0 Å². The molecule has 2 heteroatoms. The summed E-state index contributed by atoms with van der Waals surface area (Å²) in [4.78, 5) is 0. The Balaban J connectivity index is 2.00. The van der Waals surface area contributed by atoms with Crippen LogP contribution in [-0.2, 0) is 4.74 Å². The molecule has 1 N–H and O–H groups in total. The third-order valence-corrected chi connectivity index (χ3v) is 4.64. The summed E-state index contributed by atoms with van der Waals surface area (Å²) in [5.74, 6) is 0.497. The van der Waals surface area contributed by atoms with E-state index in [-0.39, 0.29) is 11.5 Å². The fraction of sp³-hybridized carbons (Fsp3) is 1.00. The number of ether oxygens (including phenoxy) is 1. The van der Waals surface area contributed by atoms with Crippen molar-refractivity contribution in [2.75, 3.05) is 13.2 Å². The minimum Gasteiger partial charge on any atom is -0.392 e. The van der Waals surface area contributed by atoms with Crippen molar-refractivity contribution in [3.8, 4) is 0 Å². The van der Waals surface area contributed by atoms with Crippen LogP contribution in [0.15, 0.2) is 0 Å². The van der Waals surface area contributed by atoms with Crippen molar-refractivity contribution in [3.63, 3.8) is 0 Å². The molecule has 0 bridgehead atoms. The number of aliphatic hydroxyl groups is 1. The van der Waals surface area contributed by atoms with Gasteiger partial charge in [0.1, 0.15) is 0 Å². The summed E-state index contributed by atoms with van der Waals surface area (Å²) in [7, 11) is 0. The summed E-state index contributed by atoms with van der Waals surface area (Å²) in [6, 6.07) is 0. The van der Waals surface area contributed by atoms with Gasteiger partial charge in [-0.2, -0.15) is 0 Å². The van der Waals surface area contributed by atoms with Gasteiger partial charge in [-0.05, 0) is 43.4 Å². The Hall–Kier alpha value is -0.0800. The molecule has 0 spiro atoms. The monoisotopic (exact) mass is 212 g/mol. The molecule has 0 radical (unpaired) electrons. The first kappa shape index (κ1) is 11.4. The van der Waals surface area contributed by atoms with Crippen molar-refractivity contribution in [2.24, 2.45) is 11.3 Å². The van der Waals surface area contributed by atoms with Gasteiger partial charge in [-0.25, -0.2) is 0 Å². The molecule has 2 nitrogen and oxygen atoms in total. The molecule has 1 aliphatic heterocycles. The zero-order chi connectivity index (χ0) is 10.7. The molecule has 0 aromatic rings. The lowest BCUT2D eigenvalue weighted by Gasteiger charge is -2.39. The topological polar surface area (TPSA) is 29.5 Å². The Morgan fingerprint density at radius 3 is 2.40 bits per heavy atom. The van der Waals surface area contributed by atoms with E-state index in [9.17, 15) is 5.11 Å². The fourth-order valence-electron chi connectivity index (χ4n) is 3.47. The van der Waals surface area contributed by atoms with Gasteiger partial charge in [0.25, 0.3) is 0 Å². The molecule has 1 atom stereocenters. The van der Waals surface area contributed by atoms with E-state index in [1.54, 1.807) is 0 Å². The highest BCUT2D eigenvalue weighted by molar-refractivity contribution is 4.93. The maximum Gasteiger partial charge on any atom is 0.0626 e. The molecular formula is C13H24O2. The SMILES string of the molecule is CCC1(C(O)C2CCOCC2)CCCC1. The van der Waals surface area contributed by atoms with Crippen LogP contribution in [0.2, 0.25) is 0 Å². The first-order valence-electron chi connectivity index (χ1n) is 6.54.